The monoisotopic (exact) mass is 340 g/mol. The van der Waals surface area contributed by atoms with E-state index in [9.17, 15) is 4.79 Å². The van der Waals surface area contributed by atoms with Crippen LogP contribution in [0.3, 0.4) is 0 Å². The summed E-state index contributed by atoms with van der Waals surface area (Å²) in [6, 6.07) is 6.16. The fourth-order valence-corrected chi connectivity index (χ4v) is 2.79. The summed E-state index contributed by atoms with van der Waals surface area (Å²) in [5.41, 5.74) is 2.52. The van der Waals surface area contributed by atoms with E-state index in [0.29, 0.717) is 6.61 Å². The van der Waals surface area contributed by atoms with Gasteiger partial charge in [0.2, 0.25) is 5.91 Å². The number of aryl methyl sites for hydroxylation is 2. The van der Waals surface area contributed by atoms with Crippen LogP contribution in [0, 0.1) is 19.8 Å². The second-order valence-electron chi connectivity index (χ2n) is 6.23. The first-order valence-corrected chi connectivity index (χ1v) is 8.23. The number of nitrogens with one attached hydrogen (secondary N) is 1. The molecule has 2 rings (SSSR count). The van der Waals surface area contributed by atoms with Crippen LogP contribution >= 0.6 is 12.4 Å². The number of carbonyl (C=O) groups is 1. The van der Waals surface area contributed by atoms with Gasteiger partial charge in [0.05, 0.1) is 6.61 Å². The number of benzene rings is 1. The molecular weight excluding hydrogens is 312 g/mol. The molecule has 1 aliphatic rings. The molecule has 1 saturated heterocycles. The number of rotatable bonds is 6. The molecule has 1 aromatic carbocycles. The van der Waals surface area contributed by atoms with Gasteiger partial charge in [-0.25, -0.2) is 0 Å². The molecule has 130 valence electrons. The first-order valence-electron chi connectivity index (χ1n) is 8.23. The number of amides is 1. The van der Waals surface area contributed by atoms with Crippen molar-refractivity contribution in [3.63, 3.8) is 0 Å². The van der Waals surface area contributed by atoms with Gasteiger partial charge in [-0.15, -0.1) is 12.4 Å². The summed E-state index contributed by atoms with van der Waals surface area (Å²) in [6.07, 6.45) is 2.78. The highest BCUT2D eigenvalue weighted by molar-refractivity contribution is 5.85. The van der Waals surface area contributed by atoms with Crippen LogP contribution in [0.4, 0.5) is 0 Å². The Kier molecular flexibility index (Phi) is 8.42. The summed E-state index contributed by atoms with van der Waals surface area (Å²) in [5, 5.41) is 3.30. The van der Waals surface area contributed by atoms with Gasteiger partial charge in [0.1, 0.15) is 5.75 Å². The van der Waals surface area contributed by atoms with Crippen LogP contribution in [0.15, 0.2) is 18.2 Å². The minimum atomic E-state index is 0. The zero-order valence-electron chi connectivity index (χ0n) is 14.4. The molecule has 1 aromatic rings. The third kappa shape index (κ3) is 6.04. The highest BCUT2D eigenvalue weighted by atomic mass is 35.5. The molecule has 0 spiro atoms. The molecule has 0 atom stereocenters. The van der Waals surface area contributed by atoms with Crippen LogP contribution < -0.4 is 10.1 Å². The fraction of sp³-hybridized carbons (Fsp3) is 0.611. The van der Waals surface area contributed by atoms with Crippen LogP contribution in [0.5, 0.6) is 5.75 Å². The van der Waals surface area contributed by atoms with Crippen molar-refractivity contribution in [3.05, 3.63) is 29.3 Å². The lowest BCUT2D eigenvalue weighted by Gasteiger charge is -2.26. The molecule has 0 bridgehead atoms. The van der Waals surface area contributed by atoms with Gasteiger partial charge in [0.25, 0.3) is 0 Å². The molecule has 4 nitrogen and oxygen atoms in total. The highest BCUT2D eigenvalue weighted by Gasteiger charge is 2.23. The molecule has 1 amide bonds. The zero-order chi connectivity index (χ0) is 15.9. The van der Waals surface area contributed by atoms with Gasteiger partial charge in [-0.2, -0.15) is 0 Å². The van der Waals surface area contributed by atoms with E-state index in [2.05, 4.69) is 31.3 Å². The summed E-state index contributed by atoms with van der Waals surface area (Å²) in [6.45, 7) is 7.51. The van der Waals surface area contributed by atoms with Crippen molar-refractivity contribution in [1.29, 1.82) is 0 Å². The number of nitrogens with zero attached hydrogens (tertiary/aromatic N) is 1. The summed E-state index contributed by atoms with van der Waals surface area (Å²) in [7, 11) is 1.90. The molecular formula is C18H29ClN2O2. The lowest BCUT2D eigenvalue weighted by Crippen LogP contribution is -2.39. The van der Waals surface area contributed by atoms with E-state index in [4.69, 9.17) is 4.74 Å². The Bertz CT molecular complexity index is 502. The van der Waals surface area contributed by atoms with Gasteiger partial charge in [0, 0.05) is 19.5 Å². The molecule has 23 heavy (non-hydrogen) atoms. The lowest BCUT2D eigenvalue weighted by atomic mass is 9.97. The maximum Gasteiger partial charge on any atom is 0.225 e. The van der Waals surface area contributed by atoms with Crippen molar-refractivity contribution in [1.82, 2.24) is 10.2 Å². The number of hydrogen-bond acceptors (Lipinski definition) is 3. The van der Waals surface area contributed by atoms with Gasteiger partial charge < -0.3 is 15.0 Å². The standard InChI is InChI=1S/C18H28N2O2.ClH/c1-14-5-6-17(13-15(14)2)22-12-4-11-20(3)18(21)16-7-9-19-10-8-16;/h5-6,13,16,19H,4,7-12H2,1-3H3;1H. The van der Waals surface area contributed by atoms with Crippen LogP contribution in [0.25, 0.3) is 0 Å². The van der Waals surface area contributed by atoms with E-state index >= 15 is 0 Å². The third-order valence-corrected chi connectivity index (χ3v) is 4.45. The Morgan fingerprint density at radius 3 is 2.61 bits per heavy atom. The van der Waals surface area contributed by atoms with Gasteiger partial charge in [-0.05, 0) is 69.5 Å². The van der Waals surface area contributed by atoms with Crippen molar-refractivity contribution in [2.45, 2.75) is 33.1 Å². The normalized spacial score (nSPS) is 14.9. The summed E-state index contributed by atoms with van der Waals surface area (Å²) in [5.74, 6) is 1.40. The maximum absolute atomic E-state index is 12.3. The molecule has 1 heterocycles. The van der Waals surface area contributed by atoms with Crippen molar-refractivity contribution in [3.8, 4) is 5.75 Å². The topological polar surface area (TPSA) is 41.6 Å². The van der Waals surface area contributed by atoms with E-state index in [-0.39, 0.29) is 24.2 Å². The predicted octanol–water partition coefficient (Wildman–Crippen LogP) is 2.95. The average Bonchev–Trinajstić information content (AvgIpc) is 2.54. The Labute approximate surface area is 146 Å². The van der Waals surface area contributed by atoms with Crippen molar-refractivity contribution in [2.24, 2.45) is 5.92 Å². The molecule has 0 saturated carbocycles. The predicted molar refractivity (Wildman–Crippen MR) is 96.5 cm³/mol. The van der Waals surface area contributed by atoms with E-state index in [1.807, 2.05) is 18.0 Å². The summed E-state index contributed by atoms with van der Waals surface area (Å²) < 4.78 is 5.77. The molecule has 0 aliphatic carbocycles. The van der Waals surface area contributed by atoms with E-state index in [0.717, 1.165) is 44.6 Å². The Morgan fingerprint density at radius 2 is 1.96 bits per heavy atom. The Morgan fingerprint density at radius 1 is 1.26 bits per heavy atom. The van der Waals surface area contributed by atoms with Crippen LogP contribution in [0.1, 0.15) is 30.4 Å². The Balaban J connectivity index is 0.00000264. The minimum absolute atomic E-state index is 0. The SMILES string of the molecule is Cc1ccc(OCCCN(C)C(=O)C2CCNCC2)cc1C.Cl. The quantitative estimate of drug-likeness (QED) is 0.809. The Hall–Kier alpha value is -1.26. The van der Waals surface area contributed by atoms with Crippen molar-refractivity contribution < 1.29 is 9.53 Å². The van der Waals surface area contributed by atoms with E-state index in [1.54, 1.807) is 0 Å². The van der Waals surface area contributed by atoms with E-state index in [1.165, 1.54) is 11.1 Å². The van der Waals surface area contributed by atoms with Crippen LogP contribution in [-0.4, -0.2) is 44.1 Å². The number of carbonyl (C=O) groups excluding carboxylic acids is 1. The van der Waals surface area contributed by atoms with Crippen molar-refractivity contribution >= 4 is 18.3 Å². The number of ether oxygens (including phenoxy) is 1. The second kappa shape index (κ2) is 9.78. The summed E-state index contributed by atoms with van der Waals surface area (Å²) in [4.78, 5) is 14.2. The lowest BCUT2D eigenvalue weighted by molar-refractivity contribution is -0.135. The highest BCUT2D eigenvalue weighted by Crippen LogP contribution is 2.17. The third-order valence-electron chi connectivity index (χ3n) is 4.45. The molecule has 0 aromatic heterocycles. The molecule has 5 heteroatoms. The van der Waals surface area contributed by atoms with E-state index < -0.39 is 0 Å². The van der Waals surface area contributed by atoms with Gasteiger partial charge in [-0.1, -0.05) is 6.07 Å². The molecule has 0 radical (unpaired) electrons. The van der Waals surface area contributed by atoms with Crippen molar-refractivity contribution in [2.75, 3.05) is 33.3 Å². The number of piperidine rings is 1. The van der Waals surface area contributed by atoms with Gasteiger partial charge in [0.15, 0.2) is 0 Å². The van der Waals surface area contributed by atoms with Crippen LogP contribution in [-0.2, 0) is 4.79 Å². The smallest absolute Gasteiger partial charge is 0.225 e. The molecule has 0 unspecified atom stereocenters. The minimum Gasteiger partial charge on any atom is -0.494 e. The first kappa shape index (κ1) is 19.8. The summed E-state index contributed by atoms with van der Waals surface area (Å²) >= 11 is 0. The molecule has 1 N–H and O–H groups in total. The molecule has 1 fully saturated rings. The first-order chi connectivity index (χ1) is 10.6. The largest absolute Gasteiger partial charge is 0.494 e. The second-order valence-corrected chi connectivity index (χ2v) is 6.23. The zero-order valence-corrected chi connectivity index (χ0v) is 15.2. The number of halogens is 1. The van der Waals surface area contributed by atoms with Gasteiger partial charge >= 0.3 is 0 Å². The maximum atomic E-state index is 12.3. The van der Waals surface area contributed by atoms with Gasteiger partial charge in [-0.3, -0.25) is 4.79 Å². The number of hydrogen-bond donors (Lipinski definition) is 1. The molecule has 1 aliphatic heterocycles. The van der Waals surface area contributed by atoms with Crippen LogP contribution in [0.2, 0.25) is 0 Å². The average molecular weight is 341 g/mol. The fourth-order valence-electron chi connectivity index (χ4n) is 2.79.